The molecule has 0 unspecified atom stereocenters. The summed E-state index contributed by atoms with van der Waals surface area (Å²) in [5, 5.41) is 14.4. The molecule has 0 saturated carbocycles. The summed E-state index contributed by atoms with van der Waals surface area (Å²) in [7, 11) is 0. The number of hydrogen-bond acceptors (Lipinski definition) is 6. The maximum atomic E-state index is 11.8. The molecular weight excluding hydrogens is 306 g/mol. The van der Waals surface area contributed by atoms with Gasteiger partial charge in [-0.15, -0.1) is 0 Å². The first kappa shape index (κ1) is 15.6. The van der Waals surface area contributed by atoms with Gasteiger partial charge in [0.25, 0.3) is 5.91 Å². The quantitative estimate of drug-likeness (QED) is 0.503. The van der Waals surface area contributed by atoms with Gasteiger partial charge in [-0.25, -0.2) is 5.43 Å². The van der Waals surface area contributed by atoms with Crippen LogP contribution in [-0.2, 0) is 0 Å². The number of benzene rings is 1. The van der Waals surface area contributed by atoms with Crippen molar-refractivity contribution in [3.05, 3.63) is 57.0 Å². The van der Waals surface area contributed by atoms with Crippen molar-refractivity contribution in [3.8, 4) is 5.75 Å². The Kier molecular flexibility index (Phi) is 5.21. The van der Waals surface area contributed by atoms with Crippen molar-refractivity contribution in [1.29, 1.82) is 0 Å². The lowest BCUT2D eigenvalue weighted by Crippen LogP contribution is -2.17. The van der Waals surface area contributed by atoms with E-state index in [1.807, 2.05) is 6.92 Å². The average molecular weight is 319 g/mol. The van der Waals surface area contributed by atoms with Gasteiger partial charge in [0.15, 0.2) is 0 Å². The molecule has 2 rings (SSSR count). The first-order valence-electron chi connectivity index (χ1n) is 6.40. The number of rotatable bonds is 6. The molecule has 1 N–H and O–H groups in total. The van der Waals surface area contributed by atoms with E-state index in [4.69, 9.17) is 4.74 Å². The summed E-state index contributed by atoms with van der Waals surface area (Å²) in [5.41, 5.74) is 2.81. The smallest absolute Gasteiger partial charge is 0.324 e. The fourth-order valence-electron chi connectivity index (χ4n) is 1.60. The van der Waals surface area contributed by atoms with E-state index in [1.54, 1.807) is 30.3 Å². The van der Waals surface area contributed by atoms with Crippen LogP contribution >= 0.6 is 11.3 Å². The number of hydrazone groups is 1. The van der Waals surface area contributed by atoms with Gasteiger partial charge in [-0.2, -0.15) is 5.10 Å². The first-order valence-corrected chi connectivity index (χ1v) is 7.22. The number of ether oxygens (including phenoxy) is 1. The summed E-state index contributed by atoms with van der Waals surface area (Å²) >= 11 is 0.980. The number of thiophene rings is 1. The summed E-state index contributed by atoms with van der Waals surface area (Å²) in [6.45, 7) is 2.44. The highest BCUT2D eigenvalue weighted by Gasteiger charge is 2.08. The van der Waals surface area contributed by atoms with Crippen LogP contribution in [0.4, 0.5) is 5.00 Å². The Bertz CT molecular complexity index is 694. The highest BCUT2D eigenvalue weighted by molar-refractivity contribution is 7.16. The lowest BCUT2D eigenvalue weighted by Gasteiger charge is -2.03. The summed E-state index contributed by atoms with van der Waals surface area (Å²) < 4.78 is 5.29. The van der Waals surface area contributed by atoms with E-state index >= 15 is 0 Å². The van der Waals surface area contributed by atoms with Gasteiger partial charge in [-0.3, -0.25) is 14.9 Å². The van der Waals surface area contributed by atoms with Gasteiger partial charge in [0.05, 0.1) is 22.6 Å². The zero-order chi connectivity index (χ0) is 15.9. The Morgan fingerprint density at radius 2 is 2.09 bits per heavy atom. The Hall–Kier alpha value is -2.74. The van der Waals surface area contributed by atoms with E-state index in [2.05, 4.69) is 10.5 Å². The summed E-state index contributed by atoms with van der Waals surface area (Å²) in [5.74, 6) is 0.318. The predicted molar refractivity (Wildman–Crippen MR) is 83.6 cm³/mol. The van der Waals surface area contributed by atoms with Crippen LogP contribution in [0.3, 0.4) is 0 Å². The molecule has 0 spiro atoms. The van der Waals surface area contributed by atoms with Crippen LogP contribution in [0.2, 0.25) is 0 Å². The minimum atomic E-state index is -0.472. The number of nitrogens with one attached hydrogen (secondary N) is 1. The zero-order valence-electron chi connectivity index (χ0n) is 11.7. The van der Waals surface area contributed by atoms with E-state index in [0.29, 0.717) is 22.8 Å². The third-order valence-electron chi connectivity index (χ3n) is 2.58. The van der Waals surface area contributed by atoms with Crippen LogP contribution in [0.1, 0.15) is 22.2 Å². The Balaban J connectivity index is 1.93. The maximum Gasteiger partial charge on any atom is 0.324 e. The van der Waals surface area contributed by atoms with Crippen LogP contribution in [-0.4, -0.2) is 23.7 Å². The summed E-state index contributed by atoms with van der Waals surface area (Å²) in [4.78, 5) is 22.5. The zero-order valence-corrected chi connectivity index (χ0v) is 12.5. The molecule has 8 heteroatoms. The Morgan fingerprint density at radius 1 is 1.36 bits per heavy atom. The fourth-order valence-corrected chi connectivity index (χ4v) is 2.29. The van der Waals surface area contributed by atoms with Crippen LogP contribution in [0.5, 0.6) is 5.75 Å². The second kappa shape index (κ2) is 7.32. The second-order valence-electron chi connectivity index (χ2n) is 4.09. The van der Waals surface area contributed by atoms with Gasteiger partial charge in [0, 0.05) is 11.6 Å². The van der Waals surface area contributed by atoms with Gasteiger partial charge >= 0.3 is 5.00 Å². The second-order valence-corrected chi connectivity index (χ2v) is 5.18. The first-order chi connectivity index (χ1) is 10.6. The number of nitrogens with zero attached hydrogens (tertiary/aromatic N) is 2. The molecular formula is C14H13N3O4S. The van der Waals surface area contributed by atoms with Crippen molar-refractivity contribution in [2.75, 3.05) is 6.61 Å². The maximum absolute atomic E-state index is 11.8. The number of amides is 1. The molecule has 7 nitrogen and oxygen atoms in total. The standard InChI is InChI=1S/C14H13N3O4S/c1-2-21-11-5-3-10(4-6-11)14(18)16-15-9-12-7-8-13(22-12)17(19)20/h3-9H,2H2,1H3,(H,16,18)/b15-9-. The molecule has 1 amide bonds. The molecule has 0 saturated heterocycles. The van der Waals surface area contributed by atoms with Gasteiger partial charge in [-0.05, 0) is 37.3 Å². The topological polar surface area (TPSA) is 93.8 Å². The van der Waals surface area contributed by atoms with E-state index in [0.717, 1.165) is 11.3 Å². The molecule has 0 aliphatic heterocycles. The normalized spacial score (nSPS) is 10.6. The predicted octanol–water partition coefficient (Wildman–Crippen LogP) is 2.82. The molecule has 1 heterocycles. The highest BCUT2D eigenvalue weighted by atomic mass is 32.1. The largest absolute Gasteiger partial charge is 0.494 e. The molecule has 1 aromatic carbocycles. The lowest BCUT2D eigenvalue weighted by molar-refractivity contribution is -0.380. The molecule has 0 atom stereocenters. The van der Waals surface area contributed by atoms with Crippen molar-refractivity contribution in [2.45, 2.75) is 6.92 Å². The van der Waals surface area contributed by atoms with Gasteiger partial charge < -0.3 is 4.74 Å². The highest BCUT2D eigenvalue weighted by Crippen LogP contribution is 2.22. The average Bonchev–Trinajstić information content (AvgIpc) is 2.97. The lowest BCUT2D eigenvalue weighted by atomic mass is 10.2. The van der Waals surface area contributed by atoms with Crippen LogP contribution < -0.4 is 10.2 Å². The van der Waals surface area contributed by atoms with Crippen LogP contribution in [0, 0.1) is 10.1 Å². The van der Waals surface area contributed by atoms with Gasteiger partial charge in [-0.1, -0.05) is 11.3 Å². The molecule has 2 aromatic rings. The third kappa shape index (κ3) is 4.13. The summed E-state index contributed by atoms with van der Waals surface area (Å²) in [6.07, 6.45) is 1.37. The van der Waals surface area contributed by atoms with Gasteiger partial charge in [0.1, 0.15) is 5.75 Å². The minimum Gasteiger partial charge on any atom is -0.494 e. The van der Waals surface area contributed by atoms with E-state index < -0.39 is 4.92 Å². The van der Waals surface area contributed by atoms with Crippen LogP contribution in [0.25, 0.3) is 0 Å². The number of hydrogen-bond donors (Lipinski definition) is 1. The van der Waals surface area contributed by atoms with E-state index in [9.17, 15) is 14.9 Å². The third-order valence-corrected chi connectivity index (χ3v) is 3.55. The van der Waals surface area contributed by atoms with Crippen molar-refractivity contribution < 1.29 is 14.5 Å². The van der Waals surface area contributed by atoms with Crippen molar-refractivity contribution in [1.82, 2.24) is 5.43 Å². The number of nitro groups is 1. The summed E-state index contributed by atoms with van der Waals surface area (Å²) in [6, 6.07) is 9.61. The minimum absolute atomic E-state index is 0.0271. The fraction of sp³-hybridized carbons (Fsp3) is 0.143. The monoisotopic (exact) mass is 319 g/mol. The Labute approximate surface area is 130 Å². The van der Waals surface area contributed by atoms with Crippen molar-refractivity contribution >= 4 is 28.5 Å². The SMILES string of the molecule is CCOc1ccc(C(=O)N/N=C\c2ccc([N+](=O)[O-])s2)cc1. The Morgan fingerprint density at radius 3 is 2.68 bits per heavy atom. The molecule has 0 radical (unpaired) electrons. The molecule has 1 aromatic heterocycles. The number of carbonyl (C=O) groups excluding carboxylic acids is 1. The molecule has 22 heavy (non-hydrogen) atoms. The molecule has 0 aliphatic carbocycles. The number of carbonyl (C=O) groups is 1. The van der Waals surface area contributed by atoms with E-state index in [1.165, 1.54) is 12.3 Å². The molecule has 0 bridgehead atoms. The van der Waals surface area contributed by atoms with Crippen molar-refractivity contribution in [2.24, 2.45) is 5.10 Å². The van der Waals surface area contributed by atoms with E-state index in [-0.39, 0.29) is 10.9 Å². The molecule has 114 valence electrons. The molecule has 0 fully saturated rings. The molecule has 0 aliphatic rings. The van der Waals surface area contributed by atoms with Gasteiger partial charge in [0.2, 0.25) is 0 Å². The van der Waals surface area contributed by atoms with Crippen LogP contribution in [0.15, 0.2) is 41.5 Å². The van der Waals surface area contributed by atoms with Crippen molar-refractivity contribution in [3.63, 3.8) is 0 Å².